The van der Waals surface area contributed by atoms with Crippen molar-refractivity contribution in [3.05, 3.63) is 179 Å². The second kappa shape index (κ2) is 14.9. The van der Waals surface area contributed by atoms with Crippen LogP contribution in [0.25, 0.3) is 0 Å². The molecule has 1 nitrogen and oxygen atoms in total. The molecule has 0 heterocycles. The lowest BCUT2D eigenvalue weighted by atomic mass is 10.2. The highest BCUT2D eigenvalue weighted by molar-refractivity contribution is 7.75. The van der Waals surface area contributed by atoms with Crippen LogP contribution in [0, 0.1) is 0 Å². The Bertz CT molecular complexity index is 1450. The van der Waals surface area contributed by atoms with Crippen LogP contribution in [0.4, 0.5) is 0 Å². The number of hydrogen-bond acceptors (Lipinski definition) is 1. The van der Waals surface area contributed by atoms with Crippen LogP contribution in [0.1, 0.15) is 32.6 Å². The molecule has 0 spiro atoms. The highest BCUT2D eigenvalue weighted by Crippen LogP contribution is 2.57. The molecule has 41 heavy (non-hydrogen) atoms. The second-order valence-corrected chi connectivity index (χ2v) is 17.0. The molecule has 0 saturated carbocycles. The smallest absolute Gasteiger partial charge is 0.185 e. The SMILES string of the molecule is O=C(C=P(CCP(Cc1ccccc1)Cc1ccccc1)(Cc1ccccc1)Cc1ccccc1)c1ccccc1. The average Bonchev–Trinajstić information content (AvgIpc) is 3.02. The molecule has 0 N–H and O–H groups in total. The van der Waals surface area contributed by atoms with Gasteiger partial charge < -0.3 is 0 Å². The number of carbonyl (C=O) groups is 1. The summed E-state index contributed by atoms with van der Waals surface area (Å²) in [5.74, 6) is 2.35. The highest BCUT2D eigenvalue weighted by Gasteiger charge is 2.24. The van der Waals surface area contributed by atoms with E-state index in [0.29, 0.717) is 0 Å². The number of ketones is 1. The Morgan fingerprint density at radius 2 is 0.878 bits per heavy atom. The summed E-state index contributed by atoms with van der Waals surface area (Å²) in [6.07, 6.45) is 6.32. The van der Waals surface area contributed by atoms with Crippen molar-refractivity contribution in [3.63, 3.8) is 0 Å². The molecule has 0 aliphatic carbocycles. The van der Waals surface area contributed by atoms with E-state index in [4.69, 9.17) is 0 Å². The van der Waals surface area contributed by atoms with Crippen LogP contribution in [0.5, 0.6) is 0 Å². The van der Waals surface area contributed by atoms with Gasteiger partial charge in [0.25, 0.3) is 0 Å². The van der Waals surface area contributed by atoms with Crippen LogP contribution in [0.2, 0.25) is 0 Å². The molecular weight excluding hydrogens is 534 g/mol. The molecule has 206 valence electrons. The van der Waals surface area contributed by atoms with Crippen LogP contribution < -0.4 is 0 Å². The Kier molecular flexibility index (Phi) is 10.6. The maximum Gasteiger partial charge on any atom is 0.185 e. The molecule has 0 aromatic heterocycles. The average molecular weight is 573 g/mol. The molecule has 0 amide bonds. The fraction of sp³-hybridized carbons (Fsp3) is 0.158. The Hall–Kier alpha value is -3.50. The Labute approximate surface area is 247 Å². The summed E-state index contributed by atoms with van der Waals surface area (Å²) in [7, 11) is -0.310. The van der Waals surface area contributed by atoms with Crippen molar-refractivity contribution < 1.29 is 4.79 Å². The summed E-state index contributed by atoms with van der Waals surface area (Å²) >= 11 is 0. The molecule has 0 bridgehead atoms. The van der Waals surface area contributed by atoms with Gasteiger partial charge in [0.2, 0.25) is 0 Å². The zero-order chi connectivity index (χ0) is 28.2. The van der Waals surface area contributed by atoms with E-state index in [2.05, 4.69) is 127 Å². The summed E-state index contributed by atoms with van der Waals surface area (Å²) in [5, 5.41) is 0. The van der Waals surface area contributed by atoms with Gasteiger partial charge in [-0.1, -0.05) is 166 Å². The van der Waals surface area contributed by atoms with E-state index in [9.17, 15) is 4.79 Å². The van der Waals surface area contributed by atoms with Gasteiger partial charge in [-0.3, -0.25) is 4.79 Å². The minimum absolute atomic E-state index is 0.168. The van der Waals surface area contributed by atoms with Gasteiger partial charge in [-0.05, 0) is 65.0 Å². The van der Waals surface area contributed by atoms with E-state index >= 15 is 0 Å². The fourth-order valence-electron chi connectivity index (χ4n) is 5.43. The van der Waals surface area contributed by atoms with Crippen molar-refractivity contribution >= 4 is 26.4 Å². The van der Waals surface area contributed by atoms with Gasteiger partial charge in [0.05, 0.1) is 0 Å². The lowest BCUT2D eigenvalue weighted by Gasteiger charge is -2.30. The molecule has 5 rings (SSSR count). The molecule has 0 fully saturated rings. The van der Waals surface area contributed by atoms with Crippen LogP contribution in [-0.4, -0.2) is 23.9 Å². The zero-order valence-electron chi connectivity index (χ0n) is 23.6. The lowest BCUT2D eigenvalue weighted by molar-refractivity contribution is 0.107. The van der Waals surface area contributed by atoms with Crippen molar-refractivity contribution in [2.45, 2.75) is 24.6 Å². The Morgan fingerprint density at radius 1 is 0.512 bits per heavy atom. The van der Waals surface area contributed by atoms with Crippen molar-refractivity contribution in [2.24, 2.45) is 0 Å². The van der Waals surface area contributed by atoms with Gasteiger partial charge in [-0.2, -0.15) is 0 Å². The van der Waals surface area contributed by atoms with Crippen molar-refractivity contribution in [3.8, 4) is 0 Å². The zero-order valence-corrected chi connectivity index (χ0v) is 25.3. The third kappa shape index (κ3) is 8.99. The van der Waals surface area contributed by atoms with Crippen LogP contribution in [0.15, 0.2) is 152 Å². The highest BCUT2D eigenvalue weighted by atomic mass is 31.2. The second-order valence-electron chi connectivity index (χ2n) is 10.8. The predicted molar refractivity (Wildman–Crippen MR) is 181 cm³/mol. The quantitative estimate of drug-likeness (QED) is 0.101. The minimum atomic E-state index is -1.88. The van der Waals surface area contributed by atoms with Crippen LogP contribution in [-0.2, 0) is 24.6 Å². The van der Waals surface area contributed by atoms with Gasteiger partial charge in [-0.25, -0.2) is 0 Å². The molecule has 0 saturated heterocycles. The van der Waals surface area contributed by atoms with Gasteiger partial charge in [0.15, 0.2) is 5.78 Å². The van der Waals surface area contributed by atoms with Crippen LogP contribution in [0.3, 0.4) is 0 Å². The van der Waals surface area contributed by atoms with Crippen molar-refractivity contribution in [2.75, 3.05) is 12.3 Å². The summed E-state index contributed by atoms with van der Waals surface area (Å²) < 4.78 is 0. The monoisotopic (exact) mass is 572 g/mol. The predicted octanol–water partition coefficient (Wildman–Crippen LogP) is 9.97. The third-order valence-corrected chi connectivity index (χ3v) is 14.2. The molecule has 3 heteroatoms. The maximum atomic E-state index is 13.8. The summed E-state index contributed by atoms with van der Waals surface area (Å²) in [4.78, 5) is 13.8. The number of rotatable bonds is 13. The number of carbonyl (C=O) groups excluding carboxylic acids is 1. The Balaban J connectivity index is 1.53. The first kappa shape index (κ1) is 29.0. The molecule has 5 aromatic carbocycles. The summed E-state index contributed by atoms with van der Waals surface area (Å²) in [6, 6.07) is 53.3. The largest absolute Gasteiger partial charge is 0.289 e. The molecule has 0 radical (unpaired) electrons. The molecule has 0 aliphatic rings. The summed E-state index contributed by atoms with van der Waals surface area (Å²) in [6.45, 7) is -1.88. The number of hydrogen-bond donors (Lipinski definition) is 0. The van der Waals surface area contributed by atoms with E-state index < -0.39 is 6.89 Å². The molecular formula is C38H38OP2. The fourth-order valence-corrected chi connectivity index (χ4v) is 13.3. The first-order chi connectivity index (χ1) is 20.2. The lowest BCUT2D eigenvalue weighted by Crippen LogP contribution is -2.11. The van der Waals surface area contributed by atoms with Crippen molar-refractivity contribution in [1.82, 2.24) is 0 Å². The minimum Gasteiger partial charge on any atom is -0.289 e. The van der Waals surface area contributed by atoms with Gasteiger partial charge in [-0.15, -0.1) is 0 Å². The first-order valence-electron chi connectivity index (χ1n) is 14.4. The van der Waals surface area contributed by atoms with Gasteiger partial charge >= 0.3 is 0 Å². The number of Topliss-reactive ketones (excluding diaryl/α,β-unsaturated/α-hetero) is 1. The van der Waals surface area contributed by atoms with E-state index in [1.807, 2.05) is 30.3 Å². The summed E-state index contributed by atoms with van der Waals surface area (Å²) in [5.41, 5.74) is 6.25. The Morgan fingerprint density at radius 3 is 1.29 bits per heavy atom. The van der Waals surface area contributed by atoms with E-state index in [1.54, 1.807) is 0 Å². The van der Waals surface area contributed by atoms with E-state index in [-0.39, 0.29) is 13.7 Å². The third-order valence-electron chi connectivity index (χ3n) is 7.49. The van der Waals surface area contributed by atoms with Gasteiger partial charge in [0, 0.05) is 5.56 Å². The molecule has 0 atom stereocenters. The van der Waals surface area contributed by atoms with E-state index in [1.165, 1.54) is 22.3 Å². The molecule has 5 aromatic rings. The van der Waals surface area contributed by atoms with Crippen molar-refractivity contribution in [1.29, 1.82) is 0 Å². The molecule has 0 unspecified atom stereocenters. The topological polar surface area (TPSA) is 17.1 Å². The first-order valence-corrected chi connectivity index (χ1v) is 18.7. The molecule has 0 aliphatic heterocycles. The van der Waals surface area contributed by atoms with E-state index in [0.717, 1.165) is 42.5 Å². The van der Waals surface area contributed by atoms with Crippen LogP contribution >= 0.6 is 14.8 Å². The normalized spacial score (nSPS) is 11.3. The standard InChI is InChI=1S/C38H38OP2/c39-38(37-24-14-5-15-25-37)32-41(30-35-20-10-3-11-21-35,31-36-22-12-4-13-23-36)27-26-40(28-33-16-6-1-7-17-33)29-34-18-8-2-9-19-34/h1-25,32H,26-31H2. The number of benzene rings is 5. The van der Waals surface area contributed by atoms with Gasteiger partial charge in [0.1, 0.15) is 0 Å². The maximum absolute atomic E-state index is 13.8.